The molecular formula is C23H19ClN4. The van der Waals surface area contributed by atoms with Gasteiger partial charge in [-0.2, -0.15) is 5.10 Å². The van der Waals surface area contributed by atoms with Crippen molar-refractivity contribution in [2.45, 2.75) is 13.3 Å². The fourth-order valence-electron chi connectivity index (χ4n) is 2.97. The summed E-state index contributed by atoms with van der Waals surface area (Å²) in [5.41, 5.74) is 7.89. The predicted octanol–water partition coefficient (Wildman–Crippen LogP) is 5.96. The van der Waals surface area contributed by atoms with Crippen molar-refractivity contribution in [3.05, 3.63) is 88.9 Å². The molecule has 0 saturated carbocycles. The number of anilines is 1. The van der Waals surface area contributed by atoms with Gasteiger partial charge >= 0.3 is 0 Å². The Bertz CT molecular complexity index is 1120. The fourth-order valence-corrected chi connectivity index (χ4v) is 3.14. The van der Waals surface area contributed by atoms with Crippen molar-refractivity contribution >= 4 is 34.7 Å². The highest BCUT2D eigenvalue weighted by Crippen LogP contribution is 2.29. The SMILES string of the molecule is CCc1ccc(/C=N\Nc2nc(-c3ccccc3)c3cc(Cl)ccc3n2)cc1. The summed E-state index contributed by atoms with van der Waals surface area (Å²) in [7, 11) is 0. The third kappa shape index (κ3) is 4.02. The summed E-state index contributed by atoms with van der Waals surface area (Å²) in [6.45, 7) is 2.14. The van der Waals surface area contributed by atoms with E-state index in [9.17, 15) is 0 Å². The number of nitrogens with one attached hydrogen (secondary N) is 1. The average molecular weight is 387 g/mol. The second kappa shape index (κ2) is 8.19. The Labute approximate surface area is 168 Å². The molecule has 28 heavy (non-hydrogen) atoms. The standard InChI is InChI=1S/C23H19ClN4/c1-2-16-8-10-17(11-9-16)15-25-28-23-26-21-13-12-19(24)14-20(21)22(27-23)18-6-4-3-5-7-18/h3-15H,2H2,1H3,(H,26,27,28)/b25-15-. The van der Waals surface area contributed by atoms with E-state index in [-0.39, 0.29) is 0 Å². The summed E-state index contributed by atoms with van der Waals surface area (Å²) in [6.07, 6.45) is 2.78. The van der Waals surface area contributed by atoms with Crippen LogP contribution in [-0.4, -0.2) is 16.2 Å². The van der Waals surface area contributed by atoms with Crippen LogP contribution in [0.3, 0.4) is 0 Å². The second-order valence-electron chi connectivity index (χ2n) is 6.39. The highest BCUT2D eigenvalue weighted by atomic mass is 35.5. The van der Waals surface area contributed by atoms with Gasteiger partial charge in [-0.05, 0) is 35.7 Å². The maximum absolute atomic E-state index is 6.20. The van der Waals surface area contributed by atoms with Crippen LogP contribution in [0.5, 0.6) is 0 Å². The van der Waals surface area contributed by atoms with E-state index in [4.69, 9.17) is 11.6 Å². The van der Waals surface area contributed by atoms with Crippen molar-refractivity contribution in [2.75, 3.05) is 5.43 Å². The van der Waals surface area contributed by atoms with Gasteiger partial charge in [0, 0.05) is 16.0 Å². The Balaban J connectivity index is 1.67. The number of rotatable bonds is 5. The van der Waals surface area contributed by atoms with Crippen LogP contribution in [0.4, 0.5) is 5.95 Å². The molecule has 0 amide bonds. The zero-order valence-electron chi connectivity index (χ0n) is 15.4. The predicted molar refractivity (Wildman–Crippen MR) is 117 cm³/mol. The third-order valence-corrected chi connectivity index (χ3v) is 4.71. The summed E-state index contributed by atoms with van der Waals surface area (Å²) in [6, 6.07) is 23.9. The molecule has 1 N–H and O–H groups in total. The molecule has 0 aliphatic carbocycles. The summed E-state index contributed by atoms with van der Waals surface area (Å²) < 4.78 is 0. The molecule has 5 heteroatoms. The Morgan fingerprint density at radius 2 is 1.75 bits per heavy atom. The molecule has 0 radical (unpaired) electrons. The molecule has 1 aromatic heterocycles. The lowest BCUT2D eigenvalue weighted by Crippen LogP contribution is -2.00. The van der Waals surface area contributed by atoms with Crippen molar-refractivity contribution in [3.8, 4) is 11.3 Å². The van der Waals surface area contributed by atoms with E-state index in [1.165, 1.54) is 5.56 Å². The van der Waals surface area contributed by atoms with Gasteiger partial charge in [0.15, 0.2) is 0 Å². The van der Waals surface area contributed by atoms with E-state index in [2.05, 4.69) is 39.6 Å². The minimum atomic E-state index is 0.440. The molecule has 0 aliphatic heterocycles. The molecule has 0 fully saturated rings. The Kier molecular flexibility index (Phi) is 5.31. The normalized spacial score (nSPS) is 11.2. The molecular weight excluding hydrogens is 368 g/mol. The highest BCUT2D eigenvalue weighted by molar-refractivity contribution is 6.31. The lowest BCUT2D eigenvalue weighted by Gasteiger charge is -2.09. The smallest absolute Gasteiger partial charge is 0.244 e. The van der Waals surface area contributed by atoms with Crippen molar-refractivity contribution in [1.82, 2.24) is 9.97 Å². The molecule has 3 aromatic carbocycles. The average Bonchev–Trinajstić information content (AvgIpc) is 2.74. The molecule has 138 valence electrons. The molecule has 4 nitrogen and oxygen atoms in total. The molecule has 0 spiro atoms. The largest absolute Gasteiger partial charge is 0.245 e. The number of aromatic nitrogens is 2. The van der Waals surface area contributed by atoms with Crippen LogP contribution in [-0.2, 0) is 6.42 Å². The van der Waals surface area contributed by atoms with Gasteiger partial charge in [-0.25, -0.2) is 15.4 Å². The zero-order chi connectivity index (χ0) is 19.3. The Morgan fingerprint density at radius 3 is 2.50 bits per heavy atom. The van der Waals surface area contributed by atoms with E-state index < -0.39 is 0 Å². The van der Waals surface area contributed by atoms with Crippen LogP contribution in [0.15, 0.2) is 77.9 Å². The van der Waals surface area contributed by atoms with Crippen molar-refractivity contribution < 1.29 is 0 Å². The van der Waals surface area contributed by atoms with E-state index in [1.54, 1.807) is 6.21 Å². The van der Waals surface area contributed by atoms with Gasteiger partial charge in [-0.15, -0.1) is 0 Å². The molecule has 0 unspecified atom stereocenters. The molecule has 0 atom stereocenters. The van der Waals surface area contributed by atoms with E-state index in [0.29, 0.717) is 11.0 Å². The molecule has 0 bridgehead atoms. The van der Waals surface area contributed by atoms with Crippen LogP contribution >= 0.6 is 11.6 Å². The summed E-state index contributed by atoms with van der Waals surface area (Å²) in [5.74, 6) is 0.440. The van der Waals surface area contributed by atoms with Crippen LogP contribution in [0.25, 0.3) is 22.2 Å². The topological polar surface area (TPSA) is 50.2 Å². The van der Waals surface area contributed by atoms with Gasteiger partial charge in [0.25, 0.3) is 0 Å². The summed E-state index contributed by atoms with van der Waals surface area (Å²) in [5, 5.41) is 5.86. The number of hydrogen-bond donors (Lipinski definition) is 1. The second-order valence-corrected chi connectivity index (χ2v) is 6.82. The van der Waals surface area contributed by atoms with Gasteiger partial charge < -0.3 is 0 Å². The number of nitrogens with zero attached hydrogens (tertiary/aromatic N) is 3. The molecule has 0 aliphatic rings. The minimum Gasteiger partial charge on any atom is -0.245 e. The van der Waals surface area contributed by atoms with Crippen molar-refractivity contribution in [1.29, 1.82) is 0 Å². The molecule has 4 aromatic rings. The number of halogens is 1. The first kappa shape index (κ1) is 18.1. The number of benzene rings is 3. The maximum Gasteiger partial charge on any atom is 0.244 e. The molecule has 0 saturated heterocycles. The van der Waals surface area contributed by atoms with Gasteiger partial charge in [-0.1, -0.05) is 73.1 Å². The van der Waals surface area contributed by atoms with Crippen LogP contribution in [0.1, 0.15) is 18.1 Å². The number of aryl methyl sites for hydroxylation is 1. The number of hydrogen-bond acceptors (Lipinski definition) is 4. The summed E-state index contributed by atoms with van der Waals surface area (Å²) in [4.78, 5) is 9.24. The monoisotopic (exact) mass is 386 g/mol. The van der Waals surface area contributed by atoms with Crippen LogP contribution in [0, 0.1) is 0 Å². The first-order valence-corrected chi connectivity index (χ1v) is 9.51. The third-order valence-electron chi connectivity index (χ3n) is 4.47. The quantitative estimate of drug-likeness (QED) is 0.340. The minimum absolute atomic E-state index is 0.440. The first-order valence-electron chi connectivity index (χ1n) is 9.13. The van der Waals surface area contributed by atoms with Gasteiger partial charge in [0.1, 0.15) is 0 Å². The van der Waals surface area contributed by atoms with E-state index >= 15 is 0 Å². The lowest BCUT2D eigenvalue weighted by atomic mass is 10.1. The first-order chi connectivity index (χ1) is 13.7. The molecule has 4 rings (SSSR count). The van der Waals surface area contributed by atoms with Gasteiger partial charge in [-0.3, -0.25) is 0 Å². The van der Waals surface area contributed by atoms with Crippen LogP contribution < -0.4 is 5.43 Å². The Hall–Kier alpha value is -3.24. The molecule has 1 heterocycles. The zero-order valence-corrected chi connectivity index (χ0v) is 16.2. The number of fused-ring (bicyclic) bond motifs is 1. The van der Waals surface area contributed by atoms with Crippen LogP contribution in [0.2, 0.25) is 5.02 Å². The van der Waals surface area contributed by atoms with E-state index in [0.717, 1.165) is 34.1 Å². The highest BCUT2D eigenvalue weighted by Gasteiger charge is 2.10. The maximum atomic E-state index is 6.20. The summed E-state index contributed by atoms with van der Waals surface area (Å²) >= 11 is 6.20. The lowest BCUT2D eigenvalue weighted by molar-refractivity contribution is 1.14. The van der Waals surface area contributed by atoms with Crippen molar-refractivity contribution in [2.24, 2.45) is 5.10 Å². The van der Waals surface area contributed by atoms with Gasteiger partial charge in [0.05, 0.1) is 17.4 Å². The van der Waals surface area contributed by atoms with Crippen molar-refractivity contribution in [3.63, 3.8) is 0 Å². The Morgan fingerprint density at radius 1 is 0.964 bits per heavy atom. The fraction of sp³-hybridized carbons (Fsp3) is 0.0870. The number of hydrazone groups is 1. The van der Waals surface area contributed by atoms with Gasteiger partial charge in [0.2, 0.25) is 5.95 Å². The van der Waals surface area contributed by atoms with E-state index in [1.807, 2.05) is 60.7 Å².